The standard InChI is InChI=1S/C8H11ClN2/c1-6(2)8(9)7-5-10-3-4-11-7/h3-6,8H,1-2H3. The van der Waals surface area contributed by atoms with E-state index in [0.29, 0.717) is 5.92 Å². The molecule has 0 radical (unpaired) electrons. The Labute approximate surface area is 71.6 Å². The Morgan fingerprint density at radius 2 is 2.09 bits per heavy atom. The monoisotopic (exact) mass is 170 g/mol. The lowest BCUT2D eigenvalue weighted by molar-refractivity contribution is 0.610. The molecule has 0 aromatic carbocycles. The van der Waals surface area contributed by atoms with Gasteiger partial charge in [0.25, 0.3) is 0 Å². The highest BCUT2D eigenvalue weighted by Crippen LogP contribution is 2.25. The zero-order valence-electron chi connectivity index (χ0n) is 6.66. The van der Waals surface area contributed by atoms with E-state index in [1.807, 2.05) is 0 Å². The van der Waals surface area contributed by atoms with Crippen LogP contribution in [0.25, 0.3) is 0 Å². The van der Waals surface area contributed by atoms with Crippen LogP contribution in [0.2, 0.25) is 0 Å². The predicted molar refractivity (Wildman–Crippen MR) is 45.5 cm³/mol. The van der Waals surface area contributed by atoms with Crippen LogP contribution in [0.15, 0.2) is 18.6 Å². The molecule has 0 spiro atoms. The maximum Gasteiger partial charge on any atom is 0.0795 e. The van der Waals surface area contributed by atoms with Crippen LogP contribution in [0, 0.1) is 5.92 Å². The van der Waals surface area contributed by atoms with Gasteiger partial charge in [-0.25, -0.2) is 0 Å². The zero-order chi connectivity index (χ0) is 8.27. The Balaban J connectivity index is 2.77. The summed E-state index contributed by atoms with van der Waals surface area (Å²) in [5.74, 6) is 0.397. The first-order valence-electron chi connectivity index (χ1n) is 3.62. The van der Waals surface area contributed by atoms with E-state index < -0.39 is 0 Å². The fourth-order valence-corrected chi connectivity index (χ4v) is 0.907. The smallest absolute Gasteiger partial charge is 0.0795 e. The summed E-state index contributed by atoms with van der Waals surface area (Å²) in [6.45, 7) is 4.12. The van der Waals surface area contributed by atoms with Gasteiger partial charge in [0.1, 0.15) is 0 Å². The van der Waals surface area contributed by atoms with Crippen LogP contribution in [0.3, 0.4) is 0 Å². The minimum Gasteiger partial charge on any atom is -0.261 e. The first-order valence-corrected chi connectivity index (χ1v) is 4.05. The summed E-state index contributed by atoms with van der Waals surface area (Å²) < 4.78 is 0. The van der Waals surface area contributed by atoms with Gasteiger partial charge in [-0.05, 0) is 5.92 Å². The van der Waals surface area contributed by atoms with Gasteiger partial charge < -0.3 is 0 Å². The Bertz CT molecular complexity index is 211. The third kappa shape index (κ3) is 2.15. The van der Waals surface area contributed by atoms with Crippen molar-refractivity contribution >= 4 is 11.6 Å². The molecule has 0 amide bonds. The van der Waals surface area contributed by atoms with Gasteiger partial charge in [0.2, 0.25) is 0 Å². The second kappa shape index (κ2) is 3.67. The molecule has 3 heteroatoms. The quantitative estimate of drug-likeness (QED) is 0.638. The van der Waals surface area contributed by atoms with Crippen LogP contribution in [0.5, 0.6) is 0 Å². The maximum absolute atomic E-state index is 6.04. The van der Waals surface area contributed by atoms with Crippen LogP contribution in [0.1, 0.15) is 24.9 Å². The largest absolute Gasteiger partial charge is 0.261 e. The van der Waals surface area contributed by atoms with Crippen LogP contribution in [-0.2, 0) is 0 Å². The highest BCUT2D eigenvalue weighted by Gasteiger charge is 2.12. The summed E-state index contributed by atoms with van der Waals surface area (Å²) in [6.07, 6.45) is 5.01. The number of halogens is 1. The van der Waals surface area contributed by atoms with E-state index in [0.717, 1.165) is 5.69 Å². The van der Waals surface area contributed by atoms with Gasteiger partial charge in [-0.1, -0.05) is 13.8 Å². The molecule has 0 aliphatic rings. The Morgan fingerprint density at radius 3 is 2.55 bits per heavy atom. The molecule has 0 aliphatic carbocycles. The van der Waals surface area contributed by atoms with Gasteiger partial charge in [0.15, 0.2) is 0 Å². The first-order chi connectivity index (χ1) is 5.22. The SMILES string of the molecule is CC(C)C(Cl)c1cnccn1. The Kier molecular flexibility index (Phi) is 2.83. The maximum atomic E-state index is 6.04. The Morgan fingerprint density at radius 1 is 1.36 bits per heavy atom. The summed E-state index contributed by atoms with van der Waals surface area (Å²) >= 11 is 6.04. The average molecular weight is 171 g/mol. The third-order valence-corrected chi connectivity index (χ3v) is 2.18. The van der Waals surface area contributed by atoms with Crippen molar-refractivity contribution in [3.63, 3.8) is 0 Å². The number of aromatic nitrogens is 2. The van der Waals surface area contributed by atoms with Gasteiger partial charge in [0.05, 0.1) is 11.1 Å². The zero-order valence-corrected chi connectivity index (χ0v) is 7.42. The molecule has 1 unspecified atom stereocenters. The topological polar surface area (TPSA) is 25.8 Å². The van der Waals surface area contributed by atoms with Gasteiger partial charge in [0, 0.05) is 18.6 Å². The van der Waals surface area contributed by atoms with E-state index in [1.54, 1.807) is 18.6 Å². The van der Waals surface area contributed by atoms with E-state index in [-0.39, 0.29) is 5.38 Å². The molecule has 0 saturated carbocycles. The molecule has 1 rings (SSSR count). The molecule has 0 saturated heterocycles. The van der Waals surface area contributed by atoms with Gasteiger partial charge in [-0.2, -0.15) is 0 Å². The predicted octanol–water partition coefficient (Wildman–Crippen LogP) is 2.41. The van der Waals surface area contributed by atoms with Gasteiger partial charge in [-0.3, -0.25) is 9.97 Å². The molecule has 1 aromatic heterocycles. The van der Waals surface area contributed by atoms with E-state index in [9.17, 15) is 0 Å². The third-order valence-electron chi connectivity index (χ3n) is 1.45. The normalized spacial score (nSPS) is 13.5. The lowest BCUT2D eigenvalue weighted by Crippen LogP contribution is -2.01. The fraction of sp³-hybridized carbons (Fsp3) is 0.500. The van der Waals surface area contributed by atoms with Crippen LogP contribution in [-0.4, -0.2) is 9.97 Å². The molecular weight excluding hydrogens is 160 g/mol. The summed E-state index contributed by atoms with van der Waals surface area (Å²) in [5, 5.41) is -0.0244. The van der Waals surface area contributed by atoms with E-state index in [1.165, 1.54) is 0 Å². The van der Waals surface area contributed by atoms with Crippen molar-refractivity contribution in [1.82, 2.24) is 9.97 Å². The second-order valence-electron chi connectivity index (χ2n) is 2.78. The molecule has 1 atom stereocenters. The number of nitrogens with zero attached hydrogens (tertiary/aromatic N) is 2. The number of rotatable bonds is 2. The van der Waals surface area contributed by atoms with Crippen molar-refractivity contribution < 1.29 is 0 Å². The van der Waals surface area contributed by atoms with Crippen LogP contribution in [0.4, 0.5) is 0 Å². The minimum absolute atomic E-state index is 0.0244. The highest BCUT2D eigenvalue weighted by molar-refractivity contribution is 6.20. The number of hydrogen-bond donors (Lipinski definition) is 0. The molecule has 0 aliphatic heterocycles. The lowest BCUT2D eigenvalue weighted by Gasteiger charge is -2.10. The van der Waals surface area contributed by atoms with Crippen molar-refractivity contribution in [2.75, 3.05) is 0 Å². The van der Waals surface area contributed by atoms with Gasteiger partial charge in [-0.15, -0.1) is 11.6 Å². The fourth-order valence-electron chi connectivity index (χ4n) is 0.795. The number of alkyl halides is 1. The highest BCUT2D eigenvalue weighted by atomic mass is 35.5. The minimum atomic E-state index is -0.0244. The van der Waals surface area contributed by atoms with Crippen LogP contribution >= 0.6 is 11.6 Å². The molecular formula is C8H11ClN2. The molecule has 0 N–H and O–H groups in total. The Hall–Kier alpha value is -0.630. The average Bonchev–Trinajstić information content (AvgIpc) is 2.05. The molecule has 0 fully saturated rings. The molecule has 2 nitrogen and oxygen atoms in total. The summed E-state index contributed by atoms with van der Waals surface area (Å²) in [5.41, 5.74) is 0.851. The van der Waals surface area contributed by atoms with E-state index in [4.69, 9.17) is 11.6 Å². The first kappa shape index (κ1) is 8.47. The van der Waals surface area contributed by atoms with Crippen molar-refractivity contribution in [3.05, 3.63) is 24.3 Å². The molecule has 1 aromatic rings. The molecule has 1 heterocycles. The molecule has 0 bridgehead atoms. The van der Waals surface area contributed by atoms with Crippen molar-refractivity contribution in [2.24, 2.45) is 5.92 Å². The van der Waals surface area contributed by atoms with E-state index >= 15 is 0 Å². The van der Waals surface area contributed by atoms with Gasteiger partial charge >= 0.3 is 0 Å². The van der Waals surface area contributed by atoms with Crippen molar-refractivity contribution in [3.8, 4) is 0 Å². The number of hydrogen-bond acceptors (Lipinski definition) is 2. The van der Waals surface area contributed by atoms with E-state index in [2.05, 4.69) is 23.8 Å². The van der Waals surface area contributed by atoms with Crippen molar-refractivity contribution in [1.29, 1.82) is 0 Å². The lowest BCUT2D eigenvalue weighted by atomic mass is 10.1. The molecule has 60 valence electrons. The second-order valence-corrected chi connectivity index (χ2v) is 3.25. The summed E-state index contributed by atoms with van der Waals surface area (Å²) in [6, 6.07) is 0. The van der Waals surface area contributed by atoms with Crippen molar-refractivity contribution in [2.45, 2.75) is 19.2 Å². The molecule has 11 heavy (non-hydrogen) atoms. The summed E-state index contributed by atoms with van der Waals surface area (Å²) in [7, 11) is 0. The van der Waals surface area contributed by atoms with Crippen LogP contribution < -0.4 is 0 Å². The summed E-state index contributed by atoms with van der Waals surface area (Å²) in [4.78, 5) is 8.05.